The lowest BCUT2D eigenvalue weighted by Gasteiger charge is -2.42. The number of nitrogens with one attached hydrogen (secondary N) is 1. The number of fused-ring (bicyclic) bond motifs is 4. The minimum absolute atomic E-state index is 0.0143. The number of alkyl halides is 1. The van der Waals surface area contributed by atoms with Crippen molar-refractivity contribution in [2.45, 2.75) is 60.6 Å². The smallest absolute Gasteiger partial charge is 0.323 e. The van der Waals surface area contributed by atoms with Gasteiger partial charge in [0.2, 0.25) is 0 Å². The number of anilines is 1. The molecular weight excluding hydrogens is 382 g/mol. The fourth-order valence-electron chi connectivity index (χ4n) is 5.71. The van der Waals surface area contributed by atoms with Crippen molar-refractivity contribution in [3.8, 4) is 0 Å². The van der Waals surface area contributed by atoms with Gasteiger partial charge in [-0.2, -0.15) is 0 Å². The number of ether oxygens (including phenoxy) is 1. The third-order valence-electron chi connectivity index (χ3n) is 6.68. The van der Waals surface area contributed by atoms with Crippen LogP contribution in [0, 0.1) is 5.41 Å². The first-order chi connectivity index (χ1) is 12.0. The Kier molecular flexibility index (Phi) is 3.21. The van der Waals surface area contributed by atoms with E-state index in [9.17, 15) is 4.79 Å². The lowest BCUT2D eigenvalue weighted by atomic mass is 9.79. The minimum Gasteiger partial charge on any atom is -0.468 e. The molecule has 1 aliphatic carbocycles. The summed E-state index contributed by atoms with van der Waals surface area (Å²) in [6, 6.07) is 8.02. The van der Waals surface area contributed by atoms with E-state index in [1.165, 1.54) is 19.1 Å². The van der Waals surface area contributed by atoms with Crippen LogP contribution in [0.3, 0.4) is 0 Å². The maximum atomic E-state index is 12.6. The summed E-state index contributed by atoms with van der Waals surface area (Å²) in [5.74, 6) is 0.491. The van der Waals surface area contributed by atoms with Crippen LogP contribution in [0.1, 0.15) is 44.1 Å². The Balaban J connectivity index is 1.73. The van der Waals surface area contributed by atoms with Crippen molar-refractivity contribution in [2.75, 3.05) is 12.0 Å². The largest absolute Gasteiger partial charge is 0.468 e. The molecule has 6 heteroatoms. The number of hydrogen-bond donors (Lipinski definition) is 1. The fraction of sp³-hybridized carbons (Fsp3) is 0.579. The van der Waals surface area contributed by atoms with Crippen LogP contribution in [0.4, 0.5) is 5.69 Å². The van der Waals surface area contributed by atoms with E-state index in [4.69, 9.17) is 10.1 Å². The number of carbonyl (C=O) groups excluding carboxylic acids is 1. The van der Waals surface area contributed by atoms with Crippen LogP contribution in [0.15, 0.2) is 24.3 Å². The minimum atomic E-state index is -0.329. The number of halogens is 1. The first kappa shape index (κ1) is 15.8. The molecule has 1 spiro atoms. The highest BCUT2D eigenvalue weighted by Gasteiger charge is 2.72. The summed E-state index contributed by atoms with van der Waals surface area (Å²) in [6.07, 6.45) is 6.03. The van der Waals surface area contributed by atoms with Crippen molar-refractivity contribution in [1.29, 1.82) is 5.41 Å². The molecule has 3 aliphatic heterocycles. The van der Waals surface area contributed by atoms with Crippen LogP contribution >= 0.6 is 15.9 Å². The third-order valence-corrected chi connectivity index (χ3v) is 7.85. The van der Waals surface area contributed by atoms with Gasteiger partial charge < -0.3 is 9.64 Å². The second kappa shape index (κ2) is 5.07. The number of para-hydroxylation sites is 1. The van der Waals surface area contributed by atoms with E-state index in [0.29, 0.717) is 12.3 Å². The summed E-state index contributed by atoms with van der Waals surface area (Å²) in [5, 5.41) is 9.09. The lowest BCUT2D eigenvalue weighted by molar-refractivity contribution is -0.148. The van der Waals surface area contributed by atoms with Crippen LogP contribution in [0.25, 0.3) is 0 Å². The zero-order chi connectivity index (χ0) is 17.4. The third kappa shape index (κ3) is 1.72. The molecule has 1 N–H and O–H groups in total. The number of amidine groups is 1. The number of carbonyl (C=O) groups is 1. The average Bonchev–Trinajstić information content (AvgIpc) is 3.18. The second-order valence-electron chi connectivity index (χ2n) is 7.71. The fourth-order valence-corrected chi connectivity index (χ4v) is 6.77. The summed E-state index contributed by atoms with van der Waals surface area (Å²) in [7, 11) is 1.47. The molecular formula is C19H22BrN3O2. The van der Waals surface area contributed by atoms with Gasteiger partial charge in [-0.25, -0.2) is 0 Å². The molecule has 1 aromatic rings. The van der Waals surface area contributed by atoms with Gasteiger partial charge in [0.15, 0.2) is 0 Å². The van der Waals surface area contributed by atoms with E-state index >= 15 is 0 Å². The summed E-state index contributed by atoms with van der Waals surface area (Å²) >= 11 is 4.02. The number of rotatable bonds is 1. The highest BCUT2D eigenvalue weighted by atomic mass is 79.9. The Morgan fingerprint density at radius 3 is 2.72 bits per heavy atom. The van der Waals surface area contributed by atoms with Gasteiger partial charge in [0.05, 0.1) is 17.0 Å². The van der Waals surface area contributed by atoms with Gasteiger partial charge in [-0.3, -0.25) is 15.1 Å². The first-order valence-electron chi connectivity index (χ1n) is 9.07. The van der Waals surface area contributed by atoms with E-state index in [1.54, 1.807) is 0 Å². The zero-order valence-corrected chi connectivity index (χ0v) is 15.9. The van der Waals surface area contributed by atoms with Gasteiger partial charge in [-0.15, -0.1) is 0 Å². The Bertz CT molecular complexity index is 776. The monoisotopic (exact) mass is 403 g/mol. The molecule has 0 aromatic heterocycles. The molecule has 3 fully saturated rings. The molecule has 0 bridgehead atoms. The van der Waals surface area contributed by atoms with Crippen molar-refractivity contribution < 1.29 is 9.53 Å². The van der Waals surface area contributed by atoms with E-state index in [0.717, 1.165) is 31.4 Å². The summed E-state index contributed by atoms with van der Waals surface area (Å²) in [4.78, 5) is 17.2. The molecule has 5 rings (SSSR count). The second-order valence-corrected chi connectivity index (χ2v) is 9.13. The standard InChI is InChI=1S/C19H22BrN3O2/c1-25-15(24)14-11-19(20)12-7-3-4-8-13(12)22-16(21)18(23(14)17(19)22)9-5-2-6-10-18/h3-4,7-8,14,17,21H,2,5-6,9-11H2,1H3/t14-,17-,19+/m0/s1. The molecule has 3 atom stereocenters. The maximum Gasteiger partial charge on any atom is 0.323 e. The normalized spacial score (nSPS) is 35.1. The zero-order valence-electron chi connectivity index (χ0n) is 14.3. The molecule has 1 aromatic carbocycles. The van der Waals surface area contributed by atoms with Crippen LogP contribution in [0.5, 0.6) is 0 Å². The van der Waals surface area contributed by atoms with Crippen LogP contribution < -0.4 is 4.90 Å². The van der Waals surface area contributed by atoms with Gasteiger partial charge in [0, 0.05) is 5.69 Å². The quantitative estimate of drug-likeness (QED) is 0.576. The molecule has 3 heterocycles. The van der Waals surface area contributed by atoms with Gasteiger partial charge in [-0.05, 0) is 30.9 Å². The van der Waals surface area contributed by atoms with Crippen LogP contribution in [-0.4, -0.2) is 41.6 Å². The van der Waals surface area contributed by atoms with Crippen molar-refractivity contribution in [3.05, 3.63) is 29.8 Å². The molecule has 25 heavy (non-hydrogen) atoms. The van der Waals surface area contributed by atoms with Crippen LogP contribution in [-0.2, 0) is 13.9 Å². The Morgan fingerprint density at radius 2 is 2.00 bits per heavy atom. The molecule has 5 nitrogen and oxygen atoms in total. The van der Waals surface area contributed by atoms with E-state index < -0.39 is 0 Å². The molecule has 0 radical (unpaired) electrons. The van der Waals surface area contributed by atoms with Gasteiger partial charge >= 0.3 is 5.97 Å². The van der Waals surface area contributed by atoms with E-state index in [2.05, 4.69) is 37.9 Å². The van der Waals surface area contributed by atoms with E-state index in [1.807, 2.05) is 12.1 Å². The van der Waals surface area contributed by atoms with Gasteiger partial charge in [-0.1, -0.05) is 53.4 Å². The molecule has 0 amide bonds. The van der Waals surface area contributed by atoms with Gasteiger partial charge in [0.1, 0.15) is 18.0 Å². The SMILES string of the molecule is COC(=O)[C@@H]1C[C@@]2(Br)c3ccccc3N3C(=N)C4(CCCCC4)N1[C@H]32. The van der Waals surface area contributed by atoms with Crippen molar-refractivity contribution in [3.63, 3.8) is 0 Å². The molecule has 0 unspecified atom stereocenters. The predicted molar refractivity (Wildman–Crippen MR) is 99.1 cm³/mol. The number of hydrogen-bond acceptors (Lipinski definition) is 4. The van der Waals surface area contributed by atoms with Crippen molar-refractivity contribution >= 4 is 33.4 Å². The lowest BCUT2D eigenvalue weighted by Crippen LogP contribution is -2.55. The highest BCUT2D eigenvalue weighted by Crippen LogP contribution is 2.64. The molecule has 4 aliphatic rings. The van der Waals surface area contributed by atoms with Gasteiger partial charge in [0.25, 0.3) is 0 Å². The molecule has 132 valence electrons. The number of esters is 1. The Labute approximate surface area is 155 Å². The number of methoxy groups -OCH3 is 1. The van der Waals surface area contributed by atoms with E-state index in [-0.39, 0.29) is 28.0 Å². The number of benzene rings is 1. The maximum absolute atomic E-state index is 12.6. The van der Waals surface area contributed by atoms with Crippen molar-refractivity contribution in [2.24, 2.45) is 0 Å². The molecule has 1 saturated carbocycles. The first-order valence-corrected chi connectivity index (χ1v) is 9.87. The van der Waals surface area contributed by atoms with Crippen molar-refractivity contribution in [1.82, 2.24) is 4.90 Å². The highest BCUT2D eigenvalue weighted by molar-refractivity contribution is 9.09. The number of nitrogens with zero attached hydrogens (tertiary/aromatic N) is 2. The summed E-state index contributed by atoms with van der Waals surface area (Å²) < 4.78 is 4.84. The predicted octanol–water partition coefficient (Wildman–Crippen LogP) is 3.36. The summed E-state index contributed by atoms with van der Waals surface area (Å²) in [5.41, 5.74) is 1.97. The Morgan fingerprint density at radius 1 is 1.28 bits per heavy atom. The topological polar surface area (TPSA) is 56.6 Å². The average molecular weight is 404 g/mol. The summed E-state index contributed by atoms with van der Waals surface area (Å²) in [6.45, 7) is 0. The Hall–Kier alpha value is -1.40. The molecule has 2 saturated heterocycles. The van der Waals surface area contributed by atoms with Crippen LogP contribution in [0.2, 0.25) is 0 Å².